The summed E-state index contributed by atoms with van der Waals surface area (Å²) in [4.78, 5) is 2.54. The monoisotopic (exact) mass is 336 g/mol. The predicted molar refractivity (Wildman–Crippen MR) is 91.0 cm³/mol. The first-order chi connectivity index (χ1) is 11.5. The van der Waals surface area contributed by atoms with E-state index in [1.54, 1.807) is 0 Å². The van der Waals surface area contributed by atoms with Crippen molar-refractivity contribution >= 4 is 0 Å². The third kappa shape index (κ3) is 4.19. The number of nitrogens with one attached hydrogen (secondary N) is 1. The number of piperidine rings is 1. The second-order valence-electron chi connectivity index (χ2n) is 7.10. The topological polar surface area (TPSA) is 96.2 Å². The lowest BCUT2D eigenvalue weighted by molar-refractivity contribution is 0.0349. The van der Waals surface area contributed by atoms with Crippen molar-refractivity contribution in [2.45, 2.75) is 56.4 Å². The summed E-state index contributed by atoms with van der Waals surface area (Å²) < 4.78 is 0. The first kappa shape index (κ1) is 17.5. The molecule has 2 aliphatic heterocycles. The van der Waals surface area contributed by atoms with Crippen LogP contribution in [0, 0.1) is 0 Å². The van der Waals surface area contributed by atoms with Gasteiger partial charge in [0, 0.05) is 24.7 Å². The normalized spacial score (nSPS) is 28.2. The number of hydrogen-bond donors (Lipinski definition) is 5. The summed E-state index contributed by atoms with van der Waals surface area (Å²) in [5.41, 5.74) is 0.503. The summed E-state index contributed by atoms with van der Waals surface area (Å²) in [6.07, 6.45) is 4.34. The summed E-state index contributed by atoms with van der Waals surface area (Å²) in [5.74, 6) is -0.0985. The minimum atomic E-state index is -0.760. The van der Waals surface area contributed by atoms with Crippen molar-refractivity contribution < 1.29 is 20.4 Å². The number of aliphatic hydroxyl groups is 2. The zero-order chi connectivity index (χ0) is 17.1. The predicted octanol–water partition coefficient (Wildman–Crippen LogP) is 1.10. The first-order valence-electron chi connectivity index (χ1n) is 8.88. The number of nitrogens with zero attached hydrogens (tertiary/aromatic N) is 1. The molecule has 5 N–H and O–H groups in total. The summed E-state index contributed by atoms with van der Waals surface area (Å²) in [6.45, 7) is 2.22. The van der Waals surface area contributed by atoms with Gasteiger partial charge in [0.2, 0.25) is 0 Å². The highest BCUT2D eigenvalue weighted by molar-refractivity contribution is 5.37. The summed E-state index contributed by atoms with van der Waals surface area (Å²) >= 11 is 0. The lowest BCUT2D eigenvalue weighted by atomic mass is 10.00. The molecule has 2 aliphatic rings. The fourth-order valence-electron chi connectivity index (χ4n) is 4.16. The molecule has 1 aromatic rings. The highest BCUT2D eigenvalue weighted by Crippen LogP contribution is 2.35. The number of aliphatic hydroxyl groups excluding tert-OH is 2. The van der Waals surface area contributed by atoms with Crippen LogP contribution in [0.4, 0.5) is 0 Å². The van der Waals surface area contributed by atoms with Crippen LogP contribution in [-0.4, -0.2) is 63.1 Å². The molecule has 0 aromatic heterocycles. The Bertz CT molecular complexity index is 520. The molecule has 0 radical (unpaired) electrons. The molecule has 3 rings (SSSR count). The number of aromatic hydroxyl groups is 2. The van der Waals surface area contributed by atoms with Gasteiger partial charge in [-0.1, -0.05) is 0 Å². The molecule has 6 heteroatoms. The maximum absolute atomic E-state index is 10.1. The molecule has 0 spiro atoms. The fraction of sp³-hybridized carbons (Fsp3) is 0.667. The van der Waals surface area contributed by atoms with Crippen LogP contribution in [0.5, 0.6) is 11.5 Å². The minimum absolute atomic E-state index is 0.0492. The molecule has 1 aromatic carbocycles. The third-order valence-electron chi connectivity index (χ3n) is 5.28. The van der Waals surface area contributed by atoms with Gasteiger partial charge in [-0.3, -0.25) is 4.90 Å². The van der Waals surface area contributed by atoms with Crippen LogP contribution in [0.15, 0.2) is 18.2 Å². The van der Waals surface area contributed by atoms with Gasteiger partial charge in [-0.25, -0.2) is 0 Å². The highest BCUT2D eigenvalue weighted by Gasteiger charge is 2.39. The van der Waals surface area contributed by atoms with Crippen LogP contribution in [0.25, 0.3) is 0 Å². The van der Waals surface area contributed by atoms with E-state index >= 15 is 0 Å². The second kappa shape index (κ2) is 7.70. The molecule has 6 nitrogen and oxygen atoms in total. The van der Waals surface area contributed by atoms with Gasteiger partial charge >= 0.3 is 0 Å². The summed E-state index contributed by atoms with van der Waals surface area (Å²) in [5, 5.41) is 42.1. The third-order valence-corrected chi connectivity index (χ3v) is 5.28. The number of phenolic OH excluding ortho intramolecular Hbond substituents is 2. The average molecular weight is 336 g/mol. The summed E-state index contributed by atoms with van der Waals surface area (Å²) in [6, 6.07) is 5.25. The standard InChI is InChI=1S/C18H28N2O4/c21-15-6-12(7-16(22)10-15)18(24)11-19-4-1-5-20-13-2-3-14(20)9-17(23)8-13/h6-7,10,13-14,17-19,21-24H,1-5,8-9,11H2. The van der Waals surface area contributed by atoms with E-state index in [-0.39, 0.29) is 17.6 Å². The van der Waals surface area contributed by atoms with Crippen LogP contribution in [0.1, 0.15) is 43.8 Å². The minimum Gasteiger partial charge on any atom is -0.508 e. The molecule has 0 amide bonds. The molecule has 2 fully saturated rings. The van der Waals surface area contributed by atoms with Gasteiger partial charge in [-0.2, -0.15) is 0 Å². The van der Waals surface area contributed by atoms with Crippen LogP contribution in [0.3, 0.4) is 0 Å². The number of fused-ring (bicyclic) bond motifs is 2. The van der Waals surface area contributed by atoms with E-state index in [9.17, 15) is 20.4 Å². The van der Waals surface area contributed by atoms with Crippen LogP contribution in [0.2, 0.25) is 0 Å². The molecule has 0 aliphatic carbocycles. The maximum atomic E-state index is 10.1. The van der Waals surface area contributed by atoms with E-state index in [0.29, 0.717) is 24.2 Å². The molecule has 2 heterocycles. The molecular weight excluding hydrogens is 308 g/mol. The van der Waals surface area contributed by atoms with Gasteiger partial charge in [-0.15, -0.1) is 0 Å². The fourth-order valence-corrected chi connectivity index (χ4v) is 4.16. The van der Waals surface area contributed by atoms with E-state index in [2.05, 4.69) is 10.2 Å². The van der Waals surface area contributed by atoms with E-state index in [4.69, 9.17) is 0 Å². The van der Waals surface area contributed by atoms with Crippen molar-refractivity contribution in [3.8, 4) is 11.5 Å². The van der Waals surface area contributed by atoms with Gasteiger partial charge in [-0.05, 0) is 62.9 Å². The van der Waals surface area contributed by atoms with E-state index in [1.807, 2.05) is 0 Å². The number of rotatable bonds is 7. The number of hydrogen-bond acceptors (Lipinski definition) is 6. The Labute approximate surface area is 142 Å². The van der Waals surface area contributed by atoms with Crippen LogP contribution < -0.4 is 5.32 Å². The SMILES string of the molecule is Oc1cc(O)cc(C(O)CNCCCN2C3CCC2CC(O)C3)c1. The Kier molecular flexibility index (Phi) is 5.61. The maximum Gasteiger partial charge on any atom is 0.119 e. The Hall–Kier alpha value is -1.34. The Balaban J connectivity index is 1.37. The lowest BCUT2D eigenvalue weighted by Crippen LogP contribution is -2.45. The largest absolute Gasteiger partial charge is 0.508 e. The van der Waals surface area contributed by atoms with Crippen molar-refractivity contribution in [2.75, 3.05) is 19.6 Å². The van der Waals surface area contributed by atoms with E-state index < -0.39 is 6.10 Å². The molecule has 134 valence electrons. The zero-order valence-corrected chi connectivity index (χ0v) is 13.9. The number of benzene rings is 1. The van der Waals surface area contributed by atoms with Crippen molar-refractivity contribution in [1.82, 2.24) is 10.2 Å². The van der Waals surface area contributed by atoms with Crippen molar-refractivity contribution in [1.29, 1.82) is 0 Å². The quantitative estimate of drug-likeness (QED) is 0.479. The average Bonchev–Trinajstić information content (AvgIpc) is 2.76. The van der Waals surface area contributed by atoms with Crippen molar-refractivity contribution in [3.05, 3.63) is 23.8 Å². The van der Waals surface area contributed by atoms with Gasteiger partial charge < -0.3 is 25.7 Å². The van der Waals surface area contributed by atoms with Crippen molar-refractivity contribution in [2.24, 2.45) is 0 Å². The van der Waals surface area contributed by atoms with Crippen LogP contribution >= 0.6 is 0 Å². The molecule has 3 unspecified atom stereocenters. The molecule has 2 saturated heterocycles. The van der Waals surface area contributed by atoms with E-state index in [0.717, 1.165) is 32.4 Å². The molecule has 24 heavy (non-hydrogen) atoms. The number of phenols is 2. The highest BCUT2D eigenvalue weighted by atomic mass is 16.3. The smallest absolute Gasteiger partial charge is 0.119 e. The first-order valence-corrected chi connectivity index (χ1v) is 8.88. The Morgan fingerprint density at radius 1 is 1.08 bits per heavy atom. The Morgan fingerprint density at radius 3 is 2.33 bits per heavy atom. The van der Waals surface area contributed by atoms with Crippen molar-refractivity contribution in [3.63, 3.8) is 0 Å². The molecule has 0 saturated carbocycles. The van der Waals surface area contributed by atoms with Gasteiger partial charge in [0.1, 0.15) is 11.5 Å². The second-order valence-corrected chi connectivity index (χ2v) is 7.10. The molecule has 2 bridgehead atoms. The zero-order valence-electron chi connectivity index (χ0n) is 13.9. The Morgan fingerprint density at radius 2 is 1.71 bits per heavy atom. The van der Waals surface area contributed by atoms with Gasteiger partial charge in [0.25, 0.3) is 0 Å². The van der Waals surface area contributed by atoms with Crippen LogP contribution in [-0.2, 0) is 0 Å². The molecular formula is C18H28N2O4. The lowest BCUT2D eigenvalue weighted by Gasteiger charge is -2.37. The van der Waals surface area contributed by atoms with E-state index in [1.165, 1.54) is 31.0 Å². The summed E-state index contributed by atoms with van der Waals surface area (Å²) in [7, 11) is 0. The van der Waals surface area contributed by atoms with Gasteiger partial charge in [0.15, 0.2) is 0 Å². The molecule has 3 atom stereocenters. The van der Waals surface area contributed by atoms with Gasteiger partial charge in [0.05, 0.1) is 12.2 Å².